The first kappa shape index (κ1) is 17.5. The topological polar surface area (TPSA) is 67.4 Å². The second-order valence-electron chi connectivity index (χ2n) is 6.35. The summed E-state index contributed by atoms with van der Waals surface area (Å²) in [5.41, 5.74) is 3.93. The van der Waals surface area contributed by atoms with Crippen LogP contribution in [0.4, 0.5) is 11.5 Å². The molecule has 0 bridgehead atoms. The number of ether oxygens (including phenoxy) is 1. The summed E-state index contributed by atoms with van der Waals surface area (Å²) in [5.74, 6) is 1.50. The fourth-order valence-electron chi connectivity index (χ4n) is 2.97. The number of rotatable bonds is 6. The summed E-state index contributed by atoms with van der Waals surface area (Å²) in [7, 11) is 0. The minimum atomic E-state index is -0.170. The maximum absolute atomic E-state index is 12.4. The molecule has 2 aromatic heterocycles. The highest BCUT2D eigenvalue weighted by Gasteiger charge is 2.13. The highest BCUT2D eigenvalue weighted by molar-refractivity contribution is 7.07. The first-order chi connectivity index (χ1) is 13.3. The molecule has 6 nitrogen and oxygen atoms in total. The van der Waals surface area contributed by atoms with E-state index in [9.17, 15) is 4.79 Å². The molecule has 4 rings (SSSR count). The second-order valence-corrected chi connectivity index (χ2v) is 7.06. The van der Waals surface area contributed by atoms with Crippen molar-refractivity contribution in [2.24, 2.45) is 0 Å². The lowest BCUT2D eigenvalue weighted by Gasteiger charge is -2.16. The van der Waals surface area contributed by atoms with Crippen molar-refractivity contribution in [3.05, 3.63) is 64.7 Å². The van der Waals surface area contributed by atoms with Crippen LogP contribution in [-0.2, 0) is 6.61 Å². The maximum atomic E-state index is 12.4. The number of benzene rings is 1. The summed E-state index contributed by atoms with van der Waals surface area (Å²) in [5, 5.41) is 4.83. The van der Waals surface area contributed by atoms with Gasteiger partial charge in [0.25, 0.3) is 5.91 Å². The van der Waals surface area contributed by atoms with Gasteiger partial charge in [-0.05, 0) is 49.2 Å². The summed E-state index contributed by atoms with van der Waals surface area (Å²) in [6, 6.07) is 10.9. The molecule has 0 aliphatic carbocycles. The lowest BCUT2D eigenvalue weighted by atomic mass is 10.2. The van der Waals surface area contributed by atoms with Crippen LogP contribution in [0, 0.1) is 0 Å². The van der Waals surface area contributed by atoms with Crippen LogP contribution in [0.2, 0.25) is 0 Å². The molecule has 0 spiro atoms. The molecule has 7 heteroatoms. The third-order valence-corrected chi connectivity index (χ3v) is 5.06. The van der Waals surface area contributed by atoms with Crippen LogP contribution in [0.3, 0.4) is 0 Å². The molecule has 3 heterocycles. The van der Waals surface area contributed by atoms with Gasteiger partial charge in [-0.2, -0.15) is 0 Å². The molecule has 0 saturated carbocycles. The second kappa shape index (κ2) is 8.18. The average molecular weight is 380 g/mol. The van der Waals surface area contributed by atoms with E-state index in [1.807, 2.05) is 17.5 Å². The van der Waals surface area contributed by atoms with Crippen molar-refractivity contribution in [1.82, 2.24) is 9.97 Å². The first-order valence-electron chi connectivity index (χ1n) is 8.90. The Morgan fingerprint density at radius 1 is 1.11 bits per heavy atom. The molecule has 1 N–H and O–H groups in total. The summed E-state index contributed by atoms with van der Waals surface area (Å²) in [4.78, 5) is 23.3. The Morgan fingerprint density at radius 3 is 2.59 bits per heavy atom. The van der Waals surface area contributed by atoms with Gasteiger partial charge in [-0.1, -0.05) is 0 Å². The highest BCUT2D eigenvalue weighted by atomic mass is 32.1. The zero-order valence-electron chi connectivity index (χ0n) is 14.8. The molecule has 1 saturated heterocycles. The van der Waals surface area contributed by atoms with Crippen LogP contribution in [-0.4, -0.2) is 29.0 Å². The van der Waals surface area contributed by atoms with Crippen LogP contribution < -0.4 is 15.0 Å². The molecule has 0 atom stereocenters. The van der Waals surface area contributed by atoms with Gasteiger partial charge in [0.15, 0.2) is 0 Å². The minimum absolute atomic E-state index is 0.170. The molecule has 0 radical (unpaired) electrons. The van der Waals surface area contributed by atoms with Crippen molar-refractivity contribution in [3.63, 3.8) is 0 Å². The van der Waals surface area contributed by atoms with E-state index in [1.165, 1.54) is 24.2 Å². The van der Waals surface area contributed by atoms with E-state index in [0.717, 1.165) is 24.6 Å². The van der Waals surface area contributed by atoms with Gasteiger partial charge in [-0.25, -0.2) is 9.97 Å². The molecule has 1 amide bonds. The normalized spacial score (nSPS) is 13.6. The zero-order valence-corrected chi connectivity index (χ0v) is 15.6. The van der Waals surface area contributed by atoms with E-state index in [-0.39, 0.29) is 5.91 Å². The number of thiazole rings is 1. The first-order valence-corrected chi connectivity index (χ1v) is 9.84. The van der Waals surface area contributed by atoms with E-state index in [0.29, 0.717) is 23.6 Å². The third-order valence-electron chi connectivity index (χ3n) is 4.42. The number of hydrogen-bond acceptors (Lipinski definition) is 6. The van der Waals surface area contributed by atoms with Crippen molar-refractivity contribution in [2.45, 2.75) is 19.4 Å². The van der Waals surface area contributed by atoms with Crippen LogP contribution in [0.15, 0.2) is 53.5 Å². The highest BCUT2D eigenvalue weighted by Crippen LogP contribution is 2.20. The fourth-order valence-corrected chi connectivity index (χ4v) is 3.51. The largest absolute Gasteiger partial charge is 0.487 e. The number of carbonyl (C=O) groups is 1. The molecular weight excluding hydrogens is 360 g/mol. The standard InChI is InChI=1S/C20H20N4O2S/c25-20(23-16-5-8-19(21-11-16)24-9-1-2-10-24)15-3-6-18(7-4-15)26-12-17-13-27-14-22-17/h3-8,11,13-14H,1-2,9-10,12H2,(H,23,25). The van der Waals surface area contributed by atoms with E-state index in [1.54, 1.807) is 36.0 Å². The molecule has 1 aromatic carbocycles. The minimum Gasteiger partial charge on any atom is -0.487 e. The summed E-state index contributed by atoms with van der Waals surface area (Å²) >= 11 is 1.54. The Balaban J connectivity index is 1.33. The number of carbonyl (C=O) groups excluding carboxylic acids is 1. The quantitative estimate of drug-likeness (QED) is 0.701. The average Bonchev–Trinajstić information content (AvgIpc) is 3.41. The number of hydrogen-bond donors (Lipinski definition) is 1. The molecule has 138 valence electrons. The Morgan fingerprint density at radius 2 is 1.93 bits per heavy atom. The molecule has 0 unspecified atom stereocenters. The van der Waals surface area contributed by atoms with E-state index in [4.69, 9.17) is 4.74 Å². The number of nitrogens with zero attached hydrogens (tertiary/aromatic N) is 3. The van der Waals surface area contributed by atoms with Gasteiger partial charge >= 0.3 is 0 Å². The summed E-state index contributed by atoms with van der Waals surface area (Å²) < 4.78 is 5.66. The predicted octanol–water partition coefficient (Wildman–Crippen LogP) is 3.97. The van der Waals surface area contributed by atoms with Crippen molar-refractivity contribution < 1.29 is 9.53 Å². The van der Waals surface area contributed by atoms with Crippen molar-refractivity contribution in [2.75, 3.05) is 23.3 Å². The molecule has 1 aliphatic rings. The van der Waals surface area contributed by atoms with Gasteiger partial charge in [0.05, 0.1) is 23.1 Å². The van der Waals surface area contributed by atoms with Gasteiger partial charge in [0, 0.05) is 24.0 Å². The zero-order chi connectivity index (χ0) is 18.5. The Hall–Kier alpha value is -2.93. The van der Waals surface area contributed by atoms with E-state index >= 15 is 0 Å². The van der Waals surface area contributed by atoms with Crippen LogP contribution >= 0.6 is 11.3 Å². The monoisotopic (exact) mass is 380 g/mol. The van der Waals surface area contributed by atoms with Gasteiger partial charge in [-0.3, -0.25) is 4.79 Å². The van der Waals surface area contributed by atoms with Crippen molar-refractivity contribution >= 4 is 28.7 Å². The molecular formula is C20H20N4O2S. The SMILES string of the molecule is O=C(Nc1ccc(N2CCCC2)nc1)c1ccc(OCc2cscn2)cc1. The van der Waals surface area contributed by atoms with Gasteiger partial charge < -0.3 is 15.0 Å². The molecule has 1 fully saturated rings. The van der Waals surface area contributed by atoms with Gasteiger partial charge in [0.2, 0.25) is 0 Å². The van der Waals surface area contributed by atoms with Crippen LogP contribution in [0.1, 0.15) is 28.9 Å². The number of aromatic nitrogens is 2. The lowest BCUT2D eigenvalue weighted by Crippen LogP contribution is -2.19. The number of pyridine rings is 1. The predicted molar refractivity (Wildman–Crippen MR) is 107 cm³/mol. The molecule has 3 aromatic rings. The van der Waals surface area contributed by atoms with E-state index in [2.05, 4.69) is 20.2 Å². The van der Waals surface area contributed by atoms with Crippen LogP contribution in [0.5, 0.6) is 5.75 Å². The number of anilines is 2. The Bertz CT molecular complexity index is 873. The summed E-state index contributed by atoms with van der Waals surface area (Å²) in [6.45, 7) is 2.52. The van der Waals surface area contributed by atoms with Crippen molar-refractivity contribution in [3.8, 4) is 5.75 Å². The smallest absolute Gasteiger partial charge is 0.255 e. The van der Waals surface area contributed by atoms with Crippen molar-refractivity contribution in [1.29, 1.82) is 0 Å². The Kier molecular flexibility index (Phi) is 5.29. The van der Waals surface area contributed by atoms with Crippen LogP contribution in [0.25, 0.3) is 0 Å². The maximum Gasteiger partial charge on any atom is 0.255 e. The van der Waals surface area contributed by atoms with Gasteiger partial charge in [0.1, 0.15) is 18.2 Å². The number of amides is 1. The Labute approximate surface area is 161 Å². The van der Waals surface area contributed by atoms with Gasteiger partial charge in [-0.15, -0.1) is 11.3 Å². The third kappa shape index (κ3) is 4.43. The molecule has 27 heavy (non-hydrogen) atoms. The lowest BCUT2D eigenvalue weighted by molar-refractivity contribution is 0.102. The molecule has 1 aliphatic heterocycles. The fraction of sp³-hybridized carbons (Fsp3) is 0.250. The number of nitrogens with one attached hydrogen (secondary N) is 1. The summed E-state index contributed by atoms with van der Waals surface area (Å²) in [6.07, 6.45) is 4.13. The van der Waals surface area contributed by atoms with E-state index < -0.39 is 0 Å².